The fourth-order valence-electron chi connectivity index (χ4n) is 2.42. The lowest BCUT2D eigenvalue weighted by Gasteiger charge is -2.19. The number of carbonyl (C=O) groups is 1. The van der Waals surface area contributed by atoms with Crippen LogP contribution in [-0.4, -0.2) is 47.9 Å². The number of aromatic nitrogens is 2. The van der Waals surface area contributed by atoms with Gasteiger partial charge in [-0.15, -0.1) is 0 Å². The first-order valence-corrected chi connectivity index (χ1v) is 9.92. The number of hydrogen-bond donors (Lipinski definition) is 1. The maximum atomic E-state index is 12.6. The van der Waals surface area contributed by atoms with E-state index in [0.29, 0.717) is 0 Å². The van der Waals surface area contributed by atoms with E-state index < -0.39 is 28.9 Å². The van der Waals surface area contributed by atoms with Gasteiger partial charge in [-0.25, -0.2) is 17.2 Å². The summed E-state index contributed by atoms with van der Waals surface area (Å²) in [5.41, 5.74) is 0.139. The molecule has 0 saturated heterocycles. The molecular formula is C16H19ClF2N4O3S. The number of nitrogens with one attached hydrogen (secondary N) is 1. The first-order chi connectivity index (χ1) is 12.7. The Kier molecular flexibility index (Phi) is 6.90. The highest BCUT2D eigenvalue weighted by molar-refractivity contribution is 7.89. The molecule has 1 heterocycles. The normalized spacial score (nSPS) is 12.0. The maximum Gasteiger partial charge on any atom is 0.257 e. The SMILES string of the molecule is CCN(CC)S(=O)(=O)c1ccc(Cl)c(C(=O)Nc2cnn(CC(F)F)c2)c1. The Bertz CT molecular complexity index is 914. The third-order valence-electron chi connectivity index (χ3n) is 3.74. The number of alkyl halides is 2. The van der Waals surface area contributed by atoms with Gasteiger partial charge in [0, 0.05) is 19.3 Å². The Balaban J connectivity index is 2.27. The molecule has 1 N–H and O–H groups in total. The van der Waals surface area contributed by atoms with Crippen molar-refractivity contribution in [1.29, 1.82) is 0 Å². The smallest absolute Gasteiger partial charge is 0.257 e. The van der Waals surface area contributed by atoms with Crippen LogP contribution in [0.1, 0.15) is 24.2 Å². The molecule has 1 aromatic carbocycles. The van der Waals surface area contributed by atoms with Gasteiger partial charge in [-0.05, 0) is 18.2 Å². The standard InChI is InChI=1S/C16H19ClF2N4O3S/c1-3-23(4-2)27(25,26)12-5-6-14(17)13(7-12)16(24)21-11-8-20-22(9-11)10-15(18)19/h5-9,15H,3-4,10H2,1-2H3,(H,21,24). The average Bonchev–Trinajstić information content (AvgIpc) is 3.01. The van der Waals surface area contributed by atoms with E-state index >= 15 is 0 Å². The van der Waals surface area contributed by atoms with Gasteiger partial charge in [0.15, 0.2) is 0 Å². The van der Waals surface area contributed by atoms with Crippen LogP contribution in [0.15, 0.2) is 35.5 Å². The van der Waals surface area contributed by atoms with Crippen molar-refractivity contribution >= 4 is 33.2 Å². The van der Waals surface area contributed by atoms with Gasteiger partial charge < -0.3 is 5.32 Å². The van der Waals surface area contributed by atoms with Crippen LogP contribution in [0.25, 0.3) is 0 Å². The summed E-state index contributed by atoms with van der Waals surface area (Å²) in [4.78, 5) is 12.4. The van der Waals surface area contributed by atoms with Crippen molar-refractivity contribution in [3.8, 4) is 0 Å². The number of rotatable bonds is 8. The molecule has 7 nitrogen and oxygen atoms in total. The van der Waals surface area contributed by atoms with Crippen molar-refractivity contribution < 1.29 is 22.0 Å². The molecule has 0 aliphatic rings. The number of carbonyl (C=O) groups excluding carboxylic acids is 1. The molecule has 27 heavy (non-hydrogen) atoms. The molecule has 0 unspecified atom stereocenters. The number of amides is 1. The molecule has 2 aromatic rings. The second-order valence-electron chi connectivity index (χ2n) is 5.53. The van der Waals surface area contributed by atoms with Crippen molar-refractivity contribution in [3.05, 3.63) is 41.2 Å². The van der Waals surface area contributed by atoms with E-state index in [1.54, 1.807) is 13.8 Å². The predicted octanol–water partition coefficient (Wildman–Crippen LogP) is 3.08. The lowest BCUT2D eigenvalue weighted by molar-refractivity contribution is 0.102. The minimum atomic E-state index is -3.76. The zero-order valence-corrected chi connectivity index (χ0v) is 16.3. The molecule has 148 valence electrons. The zero-order valence-electron chi connectivity index (χ0n) is 14.7. The summed E-state index contributed by atoms with van der Waals surface area (Å²) in [7, 11) is -3.76. The van der Waals surface area contributed by atoms with Gasteiger partial charge in [0.2, 0.25) is 10.0 Å². The number of hydrogen-bond acceptors (Lipinski definition) is 4. The third-order valence-corrected chi connectivity index (χ3v) is 6.12. The van der Waals surface area contributed by atoms with Crippen LogP contribution in [-0.2, 0) is 16.6 Å². The molecule has 0 aliphatic heterocycles. The summed E-state index contributed by atoms with van der Waals surface area (Å²) in [6.45, 7) is 3.39. The van der Waals surface area contributed by atoms with Gasteiger partial charge >= 0.3 is 0 Å². The first kappa shape index (κ1) is 21.3. The minimum absolute atomic E-state index is 0.0495. The molecule has 1 aromatic heterocycles. The summed E-state index contributed by atoms with van der Waals surface area (Å²) in [6.07, 6.45) is -0.121. The summed E-state index contributed by atoms with van der Waals surface area (Å²) < 4.78 is 52.2. The van der Waals surface area contributed by atoms with E-state index in [2.05, 4.69) is 10.4 Å². The second-order valence-corrected chi connectivity index (χ2v) is 7.87. The van der Waals surface area contributed by atoms with E-state index in [1.807, 2.05) is 0 Å². The van der Waals surface area contributed by atoms with Crippen molar-refractivity contribution in [2.24, 2.45) is 0 Å². The summed E-state index contributed by atoms with van der Waals surface area (Å²) in [5, 5.41) is 6.24. The molecule has 11 heteroatoms. The molecule has 2 rings (SSSR count). The highest BCUT2D eigenvalue weighted by Gasteiger charge is 2.24. The Hall–Kier alpha value is -2.04. The Morgan fingerprint density at radius 3 is 2.59 bits per heavy atom. The largest absolute Gasteiger partial charge is 0.319 e. The Morgan fingerprint density at radius 2 is 2.00 bits per heavy atom. The monoisotopic (exact) mass is 420 g/mol. The minimum Gasteiger partial charge on any atom is -0.319 e. The lowest BCUT2D eigenvalue weighted by atomic mass is 10.2. The topological polar surface area (TPSA) is 84.3 Å². The molecule has 0 fully saturated rings. The van der Waals surface area contributed by atoms with Gasteiger partial charge in [-0.1, -0.05) is 25.4 Å². The highest BCUT2D eigenvalue weighted by Crippen LogP contribution is 2.24. The fraction of sp³-hybridized carbons (Fsp3) is 0.375. The lowest BCUT2D eigenvalue weighted by Crippen LogP contribution is -2.30. The Morgan fingerprint density at radius 1 is 1.33 bits per heavy atom. The quantitative estimate of drug-likeness (QED) is 0.711. The van der Waals surface area contributed by atoms with E-state index in [-0.39, 0.29) is 34.3 Å². The molecule has 0 saturated carbocycles. The van der Waals surface area contributed by atoms with Crippen molar-refractivity contribution in [2.75, 3.05) is 18.4 Å². The molecule has 1 amide bonds. The van der Waals surface area contributed by atoms with Gasteiger partial charge in [0.05, 0.1) is 27.4 Å². The molecule has 0 bridgehead atoms. The van der Waals surface area contributed by atoms with Crippen LogP contribution in [0.5, 0.6) is 0 Å². The highest BCUT2D eigenvalue weighted by atomic mass is 35.5. The summed E-state index contributed by atoms with van der Waals surface area (Å²) in [6, 6.07) is 3.84. The third kappa shape index (κ3) is 5.02. The van der Waals surface area contributed by atoms with Crippen molar-refractivity contribution in [1.82, 2.24) is 14.1 Å². The van der Waals surface area contributed by atoms with Gasteiger partial charge in [-0.2, -0.15) is 9.40 Å². The number of anilines is 1. The number of benzene rings is 1. The predicted molar refractivity (Wildman–Crippen MR) is 97.7 cm³/mol. The van der Waals surface area contributed by atoms with Crippen molar-refractivity contribution in [2.45, 2.75) is 31.7 Å². The van der Waals surface area contributed by atoms with Gasteiger partial charge in [0.1, 0.15) is 6.54 Å². The average molecular weight is 421 g/mol. The van der Waals surface area contributed by atoms with Crippen LogP contribution in [0.3, 0.4) is 0 Å². The van der Waals surface area contributed by atoms with E-state index in [4.69, 9.17) is 11.6 Å². The van der Waals surface area contributed by atoms with Crippen LogP contribution >= 0.6 is 11.6 Å². The second kappa shape index (κ2) is 8.77. The van der Waals surface area contributed by atoms with Crippen LogP contribution in [0, 0.1) is 0 Å². The fourth-order valence-corrected chi connectivity index (χ4v) is 4.11. The van der Waals surface area contributed by atoms with Crippen molar-refractivity contribution in [3.63, 3.8) is 0 Å². The van der Waals surface area contributed by atoms with Crippen LogP contribution in [0.4, 0.5) is 14.5 Å². The number of nitrogens with zero attached hydrogens (tertiary/aromatic N) is 3. The van der Waals surface area contributed by atoms with E-state index in [0.717, 1.165) is 4.68 Å². The van der Waals surface area contributed by atoms with Gasteiger partial charge in [-0.3, -0.25) is 9.48 Å². The molecule has 0 radical (unpaired) electrons. The molecule has 0 spiro atoms. The maximum absolute atomic E-state index is 12.6. The summed E-state index contributed by atoms with van der Waals surface area (Å²) in [5.74, 6) is -0.673. The zero-order chi connectivity index (χ0) is 20.2. The van der Waals surface area contributed by atoms with Crippen LogP contribution in [0.2, 0.25) is 5.02 Å². The van der Waals surface area contributed by atoms with Crippen LogP contribution < -0.4 is 5.32 Å². The van der Waals surface area contributed by atoms with E-state index in [9.17, 15) is 22.0 Å². The van der Waals surface area contributed by atoms with Gasteiger partial charge in [0.25, 0.3) is 12.3 Å². The molecule has 0 aliphatic carbocycles. The summed E-state index contributed by atoms with van der Waals surface area (Å²) >= 11 is 6.04. The molecular weight excluding hydrogens is 402 g/mol. The van der Waals surface area contributed by atoms with E-state index in [1.165, 1.54) is 34.9 Å². The molecule has 0 atom stereocenters. The number of halogens is 3. The Labute approximate surface area is 161 Å². The first-order valence-electron chi connectivity index (χ1n) is 8.10. The number of sulfonamides is 1.